The molecular formula is C44H54N4O8. The number of carbonyl (C=O) groups is 4. The highest BCUT2D eigenvalue weighted by Crippen LogP contribution is 2.18. The second kappa shape index (κ2) is 22.0. The van der Waals surface area contributed by atoms with Crippen molar-refractivity contribution in [3.8, 4) is 0 Å². The molecule has 0 aliphatic carbocycles. The van der Waals surface area contributed by atoms with Crippen molar-refractivity contribution >= 4 is 24.0 Å². The van der Waals surface area contributed by atoms with E-state index in [0.29, 0.717) is 0 Å². The first-order valence-electron chi connectivity index (χ1n) is 18.9. The molecule has 0 radical (unpaired) electrons. The third-order valence-electron chi connectivity index (χ3n) is 9.35. The smallest absolute Gasteiger partial charge is 0.408 e. The molecule has 2 unspecified atom stereocenters. The Morgan fingerprint density at radius 1 is 0.464 bits per heavy atom. The number of hydrogen-bond donors (Lipinski definition) is 6. The number of nitrogens with one attached hydrogen (secondary N) is 4. The SMILES string of the molecule is CC(C)C(NC(=O)[C@@H](Cc1ccccc1)NC(=O)OCc1ccccc1)[C@@H](O)[C@@H](O)C(NC(=O)[C@@H](Cc1ccccc1)NC(=O)OCc1ccccc1)C(C)C. The number of amides is 4. The van der Waals surface area contributed by atoms with Crippen LogP contribution < -0.4 is 21.3 Å². The zero-order valence-electron chi connectivity index (χ0n) is 32.3. The first kappa shape index (κ1) is 43.0. The number of rotatable bonds is 19. The van der Waals surface area contributed by atoms with Crippen LogP contribution in [0.4, 0.5) is 9.59 Å². The number of benzene rings is 4. The van der Waals surface area contributed by atoms with Gasteiger partial charge in [0.1, 0.15) is 37.5 Å². The third-order valence-corrected chi connectivity index (χ3v) is 9.35. The van der Waals surface area contributed by atoms with Crippen LogP contribution in [0.15, 0.2) is 121 Å². The van der Waals surface area contributed by atoms with Crippen molar-refractivity contribution in [3.63, 3.8) is 0 Å². The molecule has 0 saturated heterocycles. The molecule has 12 heteroatoms. The molecule has 4 aromatic carbocycles. The van der Waals surface area contributed by atoms with Crippen molar-refractivity contribution in [3.05, 3.63) is 144 Å². The zero-order chi connectivity index (χ0) is 40.5. The molecule has 0 spiro atoms. The largest absolute Gasteiger partial charge is 0.445 e. The number of carbonyl (C=O) groups excluding carboxylic acids is 4. The fraction of sp³-hybridized carbons (Fsp3) is 0.364. The van der Waals surface area contributed by atoms with Crippen molar-refractivity contribution in [2.75, 3.05) is 0 Å². The summed E-state index contributed by atoms with van der Waals surface area (Å²) in [5, 5.41) is 34.4. The van der Waals surface area contributed by atoms with Crippen LogP contribution in [0.3, 0.4) is 0 Å². The van der Waals surface area contributed by atoms with E-state index in [1.165, 1.54) is 0 Å². The quantitative estimate of drug-likeness (QED) is 0.0768. The Labute approximate surface area is 329 Å². The van der Waals surface area contributed by atoms with Gasteiger partial charge in [0, 0.05) is 12.8 Å². The number of aliphatic hydroxyl groups is 2. The molecule has 298 valence electrons. The predicted octanol–water partition coefficient (Wildman–Crippen LogP) is 5.07. The van der Waals surface area contributed by atoms with Crippen LogP contribution in [-0.2, 0) is 45.1 Å². The van der Waals surface area contributed by atoms with Gasteiger partial charge in [-0.25, -0.2) is 9.59 Å². The lowest BCUT2D eigenvalue weighted by molar-refractivity contribution is -0.129. The van der Waals surface area contributed by atoms with Gasteiger partial charge in [0.25, 0.3) is 0 Å². The zero-order valence-corrected chi connectivity index (χ0v) is 32.3. The average Bonchev–Trinajstić information content (AvgIpc) is 3.20. The Hall–Kier alpha value is -5.72. The van der Waals surface area contributed by atoms with E-state index in [9.17, 15) is 29.4 Å². The molecular weight excluding hydrogens is 713 g/mol. The molecule has 6 atom stereocenters. The van der Waals surface area contributed by atoms with Gasteiger partial charge >= 0.3 is 12.2 Å². The summed E-state index contributed by atoms with van der Waals surface area (Å²) < 4.78 is 10.8. The fourth-order valence-electron chi connectivity index (χ4n) is 6.18. The monoisotopic (exact) mass is 766 g/mol. The van der Waals surface area contributed by atoms with Gasteiger partial charge in [0.15, 0.2) is 0 Å². The van der Waals surface area contributed by atoms with E-state index in [4.69, 9.17) is 9.47 Å². The topological polar surface area (TPSA) is 175 Å². The van der Waals surface area contributed by atoms with Crippen LogP contribution in [0.5, 0.6) is 0 Å². The summed E-state index contributed by atoms with van der Waals surface area (Å²) in [6.45, 7) is 7.11. The van der Waals surface area contributed by atoms with Crippen molar-refractivity contribution in [2.45, 2.75) is 90.1 Å². The summed E-state index contributed by atoms with van der Waals surface area (Å²) >= 11 is 0. The maximum Gasteiger partial charge on any atom is 0.408 e. The first-order chi connectivity index (χ1) is 26.9. The van der Waals surface area contributed by atoms with E-state index in [-0.39, 0.29) is 37.9 Å². The Morgan fingerprint density at radius 2 is 0.750 bits per heavy atom. The van der Waals surface area contributed by atoms with Gasteiger partial charge in [-0.3, -0.25) is 9.59 Å². The Bertz CT molecular complexity index is 1660. The van der Waals surface area contributed by atoms with Crippen LogP contribution >= 0.6 is 0 Å². The fourth-order valence-corrected chi connectivity index (χ4v) is 6.18. The third kappa shape index (κ3) is 13.8. The molecule has 0 fully saturated rings. The maximum absolute atomic E-state index is 13.9. The molecule has 0 aromatic heterocycles. The van der Waals surface area contributed by atoms with Gasteiger partial charge in [-0.15, -0.1) is 0 Å². The first-order valence-corrected chi connectivity index (χ1v) is 18.9. The molecule has 6 N–H and O–H groups in total. The van der Waals surface area contributed by atoms with E-state index in [1.54, 1.807) is 27.7 Å². The van der Waals surface area contributed by atoms with E-state index >= 15 is 0 Å². The summed E-state index contributed by atoms with van der Waals surface area (Å²) in [7, 11) is 0. The number of hydrogen-bond acceptors (Lipinski definition) is 8. The van der Waals surface area contributed by atoms with Crippen LogP contribution in [0, 0.1) is 11.8 Å². The predicted molar refractivity (Wildman–Crippen MR) is 213 cm³/mol. The molecule has 0 saturated carbocycles. The summed E-state index contributed by atoms with van der Waals surface area (Å²) in [6, 6.07) is 32.4. The normalized spacial score (nSPS) is 14.4. The van der Waals surface area contributed by atoms with Crippen LogP contribution in [0.2, 0.25) is 0 Å². The van der Waals surface area contributed by atoms with Gasteiger partial charge in [0.2, 0.25) is 11.8 Å². The summed E-state index contributed by atoms with van der Waals surface area (Å²) in [6.07, 6.45) is -4.43. The second-order valence-electron chi connectivity index (χ2n) is 14.4. The Kier molecular flexibility index (Phi) is 16.9. The molecule has 0 heterocycles. The summed E-state index contributed by atoms with van der Waals surface area (Å²) in [5.74, 6) is -1.97. The van der Waals surface area contributed by atoms with E-state index < -0.39 is 60.4 Å². The van der Waals surface area contributed by atoms with E-state index in [1.807, 2.05) is 121 Å². The molecule has 0 aliphatic heterocycles. The van der Waals surface area contributed by atoms with E-state index in [0.717, 1.165) is 22.3 Å². The lowest BCUT2D eigenvalue weighted by Crippen LogP contribution is -2.62. The van der Waals surface area contributed by atoms with Gasteiger partial charge in [-0.05, 0) is 34.1 Å². The average molecular weight is 767 g/mol. The molecule has 12 nitrogen and oxygen atoms in total. The molecule has 0 bridgehead atoms. The molecule has 0 aliphatic rings. The van der Waals surface area contributed by atoms with Gasteiger partial charge in [0.05, 0.1) is 12.1 Å². The number of aliphatic hydroxyl groups excluding tert-OH is 2. The van der Waals surface area contributed by atoms with Gasteiger partial charge < -0.3 is 41.0 Å². The lowest BCUT2D eigenvalue weighted by Gasteiger charge is -2.37. The molecule has 4 rings (SSSR count). The minimum absolute atomic E-state index is 0.00475. The van der Waals surface area contributed by atoms with Crippen LogP contribution in [0.1, 0.15) is 49.9 Å². The van der Waals surface area contributed by atoms with Crippen molar-refractivity contribution < 1.29 is 38.9 Å². The second-order valence-corrected chi connectivity index (χ2v) is 14.4. The molecule has 4 amide bonds. The van der Waals surface area contributed by atoms with Crippen LogP contribution in [0.25, 0.3) is 0 Å². The Balaban J connectivity index is 1.47. The van der Waals surface area contributed by atoms with E-state index in [2.05, 4.69) is 21.3 Å². The van der Waals surface area contributed by atoms with Gasteiger partial charge in [-0.1, -0.05) is 149 Å². The van der Waals surface area contributed by atoms with Gasteiger partial charge in [-0.2, -0.15) is 0 Å². The summed E-state index contributed by atoms with van der Waals surface area (Å²) in [5.41, 5.74) is 3.12. The highest BCUT2D eigenvalue weighted by molar-refractivity contribution is 5.87. The van der Waals surface area contributed by atoms with Crippen molar-refractivity contribution in [2.24, 2.45) is 11.8 Å². The minimum Gasteiger partial charge on any atom is -0.445 e. The van der Waals surface area contributed by atoms with Crippen LogP contribution in [-0.4, -0.2) is 70.6 Å². The van der Waals surface area contributed by atoms with Crippen molar-refractivity contribution in [1.29, 1.82) is 0 Å². The minimum atomic E-state index is -1.55. The summed E-state index contributed by atoms with van der Waals surface area (Å²) in [4.78, 5) is 53.6. The highest BCUT2D eigenvalue weighted by atomic mass is 16.6. The molecule has 56 heavy (non-hydrogen) atoms. The number of ether oxygens (including phenoxy) is 2. The lowest BCUT2D eigenvalue weighted by atomic mass is 9.87. The maximum atomic E-state index is 13.9. The molecule has 4 aromatic rings. The number of alkyl carbamates (subject to hydrolysis) is 2. The Morgan fingerprint density at radius 3 is 1.04 bits per heavy atom. The van der Waals surface area contributed by atoms with Crippen molar-refractivity contribution in [1.82, 2.24) is 21.3 Å². The standard InChI is InChI=1S/C44H54N4O8/c1-29(2)37(47-41(51)35(25-31-17-9-5-10-18-31)45-43(53)55-27-33-21-13-7-14-22-33)39(49)40(50)38(30(3)4)48-42(52)36(26-32-19-11-6-12-20-32)46-44(54)56-28-34-23-15-8-16-24-34/h5-24,29-30,35-40,49-50H,25-28H2,1-4H3,(H,45,53)(H,46,54)(H,47,51)(H,48,52)/t35-,36-,37?,38?,39-,40+/m1/s1. The highest BCUT2D eigenvalue weighted by Gasteiger charge is 2.39.